The van der Waals surface area contributed by atoms with Gasteiger partial charge in [-0.2, -0.15) is 6.42 Å². The van der Waals surface area contributed by atoms with E-state index < -0.39 is 0 Å². The van der Waals surface area contributed by atoms with E-state index in [1.165, 1.54) is 6.42 Å². The van der Waals surface area contributed by atoms with Gasteiger partial charge in [0.1, 0.15) is 0 Å². The van der Waals surface area contributed by atoms with Crippen LogP contribution < -0.4 is 0 Å². The third-order valence-electron chi connectivity index (χ3n) is 0.354. The fourth-order valence-electron chi connectivity index (χ4n) is 0. The first-order valence-electron chi connectivity index (χ1n) is 1.71. The smallest absolute Gasteiger partial charge is 0 e. The second-order valence-electron chi connectivity index (χ2n) is 0.854. The number of unbranched alkanes of at least 4 members (excludes halogenated alkanes) is 1. The zero-order valence-electron chi connectivity index (χ0n) is 4.28. The molecule has 0 fully saturated rings. The minimum absolute atomic E-state index is 0. The average Bonchev–Trinajstić information content (AvgIpc) is 1.37. The second kappa shape index (κ2) is 16.4. The molecule has 6 heavy (non-hydrogen) atoms. The van der Waals surface area contributed by atoms with Crippen molar-refractivity contribution in [1.82, 2.24) is 0 Å². The molecule has 0 aromatic carbocycles. The Morgan fingerprint density at radius 1 is 1.50 bits per heavy atom. The average molecular weight is 212 g/mol. The first kappa shape index (κ1) is 15.7. The van der Waals surface area contributed by atoms with E-state index in [4.69, 9.17) is 0 Å². The van der Waals surface area contributed by atoms with Crippen molar-refractivity contribution < 1.29 is 35.6 Å². The van der Waals surface area contributed by atoms with Gasteiger partial charge in [-0.25, -0.2) is 0 Å². The molecule has 0 aromatic rings. The Balaban J connectivity index is -0.0000000450. The van der Waals surface area contributed by atoms with Gasteiger partial charge in [-0.05, 0) is 0 Å². The summed E-state index contributed by atoms with van der Waals surface area (Å²) in [4.78, 5) is 0. The minimum Gasteiger partial charge on any atom is -0.693 e. The van der Waals surface area contributed by atoms with E-state index in [2.05, 4.69) is 13.8 Å². The summed E-state index contributed by atoms with van der Waals surface area (Å²) in [5.74, 6) is 0. The molecule has 0 aromatic heterocycles. The van der Waals surface area contributed by atoms with Crippen molar-refractivity contribution in [2.24, 2.45) is 0 Å². The fraction of sp³-hybridized carbons (Fsp3) is 0.750. The largest absolute Gasteiger partial charge is 0.693 e. The molecule has 37 valence electrons. The van der Waals surface area contributed by atoms with Crippen LogP contribution in [0.2, 0.25) is 0 Å². The summed E-state index contributed by atoms with van der Waals surface area (Å²) >= 11 is 0. The first-order chi connectivity index (χ1) is 1.91. The van der Waals surface area contributed by atoms with Crippen molar-refractivity contribution in [3.05, 3.63) is 13.1 Å². The molecule has 0 amide bonds. The summed E-state index contributed by atoms with van der Waals surface area (Å²) in [7, 11) is 0. The summed E-state index contributed by atoms with van der Waals surface area (Å²) in [6.45, 7) is 5.72. The molecule has 0 spiro atoms. The van der Waals surface area contributed by atoms with Crippen molar-refractivity contribution in [1.29, 1.82) is 0 Å². The molecule has 1 nitrogen and oxygen atoms in total. The van der Waals surface area contributed by atoms with Crippen LogP contribution in [0.5, 0.6) is 0 Å². The normalized spacial score (nSPS) is 5.00. The van der Waals surface area contributed by atoms with Gasteiger partial charge in [-0.3, -0.25) is 0 Å². The molecule has 1 radical (unpaired) electrons. The maximum absolute atomic E-state index is 3.60. The van der Waals surface area contributed by atoms with E-state index in [1.54, 1.807) is 0 Å². The van der Waals surface area contributed by atoms with E-state index in [1.807, 2.05) is 0 Å². The Hall–Kier alpha value is 1.15. The predicted octanol–water partition coefficient (Wildman–Crippen LogP) is 2.34. The van der Waals surface area contributed by atoms with Gasteiger partial charge in [0.2, 0.25) is 0 Å². The third kappa shape index (κ3) is 19.2. The standard InChI is InChI=1S/C4H9.La.H2N/c1-3-4-2;;/h1,3-4H2,2H3;;1H2/q-1;;-1. The molecule has 0 rings (SSSR count). The zero-order valence-corrected chi connectivity index (χ0v) is 7.90. The maximum atomic E-state index is 3.60. The molecule has 2 heteroatoms. The minimum atomic E-state index is 0. The van der Waals surface area contributed by atoms with Gasteiger partial charge in [0.25, 0.3) is 0 Å². The second-order valence-corrected chi connectivity index (χ2v) is 0.854. The van der Waals surface area contributed by atoms with Crippen molar-refractivity contribution >= 4 is 0 Å². The number of rotatable bonds is 1. The first-order valence-corrected chi connectivity index (χ1v) is 1.71. The van der Waals surface area contributed by atoms with Gasteiger partial charge >= 0.3 is 0 Å². The predicted molar refractivity (Wildman–Crippen MR) is 25.5 cm³/mol. The summed E-state index contributed by atoms with van der Waals surface area (Å²) < 4.78 is 0. The van der Waals surface area contributed by atoms with Crippen LogP contribution in [-0.4, -0.2) is 0 Å². The van der Waals surface area contributed by atoms with Crippen molar-refractivity contribution in [2.45, 2.75) is 19.8 Å². The molecule has 0 saturated carbocycles. The van der Waals surface area contributed by atoms with Gasteiger partial charge in [-0.15, -0.1) is 0 Å². The number of hydrogen-bond acceptors (Lipinski definition) is 0. The summed E-state index contributed by atoms with van der Waals surface area (Å²) in [5.41, 5.74) is 0. The summed E-state index contributed by atoms with van der Waals surface area (Å²) in [6, 6.07) is 0. The summed E-state index contributed by atoms with van der Waals surface area (Å²) in [5, 5.41) is 0. The van der Waals surface area contributed by atoms with Crippen LogP contribution in [0.25, 0.3) is 6.15 Å². The summed E-state index contributed by atoms with van der Waals surface area (Å²) in [6.07, 6.45) is 2.28. The van der Waals surface area contributed by atoms with Gasteiger partial charge in [0.05, 0.1) is 0 Å². The molecule has 0 aliphatic carbocycles. The molecule has 0 aliphatic heterocycles. The van der Waals surface area contributed by atoms with Gasteiger partial charge in [0.15, 0.2) is 0 Å². The van der Waals surface area contributed by atoms with Crippen LogP contribution >= 0.6 is 0 Å². The van der Waals surface area contributed by atoms with E-state index in [0.29, 0.717) is 0 Å². The molecule has 0 saturated heterocycles. The number of hydrogen-bond donors (Lipinski definition) is 0. The Kier molecular flexibility index (Phi) is 43.0. The van der Waals surface area contributed by atoms with E-state index in [-0.39, 0.29) is 41.7 Å². The molecule has 0 aliphatic rings. The molecule has 2 N–H and O–H groups in total. The van der Waals surface area contributed by atoms with E-state index in [9.17, 15) is 0 Å². The Bertz CT molecular complexity index is 9.51. The van der Waals surface area contributed by atoms with Gasteiger partial charge in [-0.1, -0.05) is 13.3 Å². The van der Waals surface area contributed by atoms with Crippen molar-refractivity contribution in [2.75, 3.05) is 0 Å². The maximum Gasteiger partial charge on any atom is 0 e. The molecule has 0 heterocycles. The quantitative estimate of drug-likeness (QED) is 0.597. The molecule has 0 bridgehead atoms. The van der Waals surface area contributed by atoms with Gasteiger partial charge < -0.3 is 13.1 Å². The van der Waals surface area contributed by atoms with Crippen LogP contribution in [0.1, 0.15) is 19.8 Å². The third-order valence-corrected chi connectivity index (χ3v) is 0.354. The van der Waals surface area contributed by atoms with Gasteiger partial charge in [0, 0.05) is 35.6 Å². The van der Waals surface area contributed by atoms with Crippen molar-refractivity contribution in [3.63, 3.8) is 0 Å². The molecule has 0 atom stereocenters. The molecule has 0 unspecified atom stereocenters. The van der Waals surface area contributed by atoms with Crippen LogP contribution in [-0.2, 0) is 0 Å². The molecular weight excluding hydrogens is 201 g/mol. The monoisotopic (exact) mass is 212 g/mol. The Morgan fingerprint density at radius 3 is 1.67 bits per heavy atom. The Morgan fingerprint density at radius 2 is 1.67 bits per heavy atom. The SMILES string of the molecule is [CH2-]CCC.[La].[NH2-]. The number of nitrogens with two attached hydrogens (primary N) is 1. The van der Waals surface area contributed by atoms with E-state index >= 15 is 0 Å². The van der Waals surface area contributed by atoms with E-state index in [0.717, 1.165) is 6.42 Å². The van der Waals surface area contributed by atoms with Crippen LogP contribution in [0.4, 0.5) is 0 Å². The fourth-order valence-corrected chi connectivity index (χ4v) is 0. The van der Waals surface area contributed by atoms with Crippen LogP contribution in [0, 0.1) is 42.5 Å². The van der Waals surface area contributed by atoms with Crippen LogP contribution in [0.3, 0.4) is 0 Å². The molecular formula is C4H11LaN-2. The van der Waals surface area contributed by atoms with Crippen molar-refractivity contribution in [3.8, 4) is 0 Å². The Labute approximate surface area is 68.1 Å². The van der Waals surface area contributed by atoms with Crippen LogP contribution in [0.15, 0.2) is 0 Å². The zero-order chi connectivity index (χ0) is 3.41. The topological polar surface area (TPSA) is 33.5 Å².